The Morgan fingerprint density at radius 1 is 0.481 bits per heavy atom. The molecule has 1 aliphatic rings. The summed E-state index contributed by atoms with van der Waals surface area (Å²) in [6.07, 6.45) is 4.50. The summed E-state index contributed by atoms with van der Waals surface area (Å²) in [7, 11) is 0. The van der Waals surface area contributed by atoms with E-state index in [-0.39, 0.29) is 5.54 Å². The molecule has 4 nitrogen and oxygen atoms in total. The average molecular weight is 667 g/mol. The third-order valence-electron chi connectivity index (χ3n) is 11.1. The maximum Gasteiger partial charge on any atom is 0.0824 e. The van der Waals surface area contributed by atoms with Gasteiger partial charge in [-0.1, -0.05) is 109 Å². The Morgan fingerprint density at radius 2 is 1.04 bits per heavy atom. The zero-order chi connectivity index (χ0) is 34.4. The van der Waals surface area contributed by atoms with Gasteiger partial charge in [-0.2, -0.15) is 0 Å². The summed E-state index contributed by atoms with van der Waals surface area (Å²) in [5.74, 6) is 0. The lowest BCUT2D eigenvalue weighted by Gasteiger charge is -2.32. The number of dihydropyridines is 1. The van der Waals surface area contributed by atoms with Crippen LogP contribution in [0.3, 0.4) is 0 Å². The second-order valence-electron chi connectivity index (χ2n) is 14.2. The predicted molar refractivity (Wildman–Crippen MR) is 220 cm³/mol. The fourth-order valence-electron chi connectivity index (χ4n) is 8.99. The molecule has 10 aromatic rings. The quantitative estimate of drug-likeness (QED) is 0.179. The fourth-order valence-corrected chi connectivity index (χ4v) is 8.99. The van der Waals surface area contributed by atoms with Crippen molar-refractivity contribution in [3.05, 3.63) is 170 Å². The van der Waals surface area contributed by atoms with E-state index >= 15 is 0 Å². The third-order valence-corrected chi connectivity index (χ3v) is 11.1. The fraction of sp³-hybridized carbons (Fsp3) is 0.0625. The highest BCUT2D eigenvalue weighted by Gasteiger charge is 2.31. The van der Waals surface area contributed by atoms with Crippen LogP contribution in [0.1, 0.15) is 6.92 Å². The van der Waals surface area contributed by atoms with E-state index in [1.54, 1.807) is 0 Å². The van der Waals surface area contributed by atoms with Crippen molar-refractivity contribution in [2.45, 2.75) is 12.5 Å². The first-order chi connectivity index (χ1) is 25.7. The van der Waals surface area contributed by atoms with Crippen molar-refractivity contribution in [2.24, 2.45) is 4.99 Å². The number of allylic oxidation sites excluding steroid dienone is 1. The van der Waals surface area contributed by atoms with Gasteiger partial charge in [-0.15, -0.1) is 0 Å². The highest BCUT2D eigenvalue weighted by molar-refractivity contribution is 6.21. The molecule has 11 rings (SSSR count). The van der Waals surface area contributed by atoms with Crippen molar-refractivity contribution in [1.29, 1.82) is 0 Å². The highest BCUT2D eigenvalue weighted by atomic mass is 15.1. The molecule has 4 heteroatoms. The highest BCUT2D eigenvalue weighted by Crippen LogP contribution is 2.43. The topological polar surface area (TPSA) is 27.1 Å². The molecule has 4 heterocycles. The van der Waals surface area contributed by atoms with Crippen LogP contribution in [0.2, 0.25) is 0 Å². The number of rotatable bonds is 4. The summed E-state index contributed by atoms with van der Waals surface area (Å²) in [5, 5.41) is 7.54. The molecule has 0 radical (unpaired) electrons. The standard InChI is InChI=1S/C48H34N4/c1-48(52-44-23-11-6-16-36(44)37-17-7-12-24-45(37)52)29-34(30-49-31-48)51-42-22-10-8-19-39(42)47-35(20-13-25-46(47)51)32-26-27-43-40(28-32)38-18-5-9-21-41(38)50(43)33-14-3-2-4-15-33/h2-30H,31H2,1H3. The Hall–Kier alpha value is -6.65. The Balaban J connectivity index is 1.13. The number of benzene rings is 7. The van der Waals surface area contributed by atoms with E-state index in [1.807, 2.05) is 0 Å². The van der Waals surface area contributed by atoms with Crippen LogP contribution >= 0.6 is 0 Å². The maximum atomic E-state index is 5.08. The number of fused-ring (bicyclic) bond motifs is 9. The van der Waals surface area contributed by atoms with Gasteiger partial charge >= 0.3 is 0 Å². The lowest BCUT2D eigenvalue weighted by atomic mass is 9.97. The molecule has 7 aromatic carbocycles. The van der Waals surface area contributed by atoms with Crippen molar-refractivity contribution in [3.63, 3.8) is 0 Å². The predicted octanol–water partition coefficient (Wildman–Crippen LogP) is 12.0. The summed E-state index contributed by atoms with van der Waals surface area (Å²) in [5.41, 5.74) is 11.5. The molecule has 0 N–H and O–H groups in total. The van der Waals surface area contributed by atoms with Crippen molar-refractivity contribution >= 4 is 77.3 Å². The van der Waals surface area contributed by atoms with Gasteiger partial charge < -0.3 is 13.7 Å². The number of aromatic nitrogens is 3. The van der Waals surface area contributed by atoms with E-state index in [0.29, 0.717) is 6.54 Å². The first-order valence-corrected chi connectivity index (χ1v) is 18.0. The van der Waals surface area contributed by atoms with Crippen LogP contribution < -0.4 is 0 Å². The molecular weight excluding hydrogens is 633 g/mol. The van der Waals surface area contributed by atoms with E-state index in [2.05, 4.69) is 197 Å². The Labute approximate surface area is 300 Å². The molecule has 246 valence electrons. The van der Waals surface area contributed by atoms with Gasteiger partial charge in [0, 0.05) is 55.3 Å². The van der Waals surface area contributed by atoms with E-state index in [4.69, 9.17) is 4.99 Å². The van der Waals surface area contributed by atoms with Crippen molar-refractivity contribution in [1.82, 2.24) is 13.7 Å². The molecule has 0 spiro atoms. The maximum absolute atomic E-state index is 5.08. The van der Waals surface area contributed by atoms with Gasteiger partial charge in [-0.25, -0.2) is 0 Å². The van der Waals surface area contributed by atoms with Crippen LogP contribution in [0.25, 0.3) is 87.9 Å². The average Bonchev–Trinajstić information content (AvgIpc) is 3.84. The zero-order valence-corrected chi connectivity index (χ0v) is 28.7. The van der Waals surface area contributed by atoms with Gasteiger partial charge in [-0.05, 0) is 78.7 Å². The van der Waals surface area contributed by atoms with Gasteiger partial charge in [0.2, 0.25) is 0 Å². The Kier molecular flexibility index (Phi) is 6.12. The molecule has 0 bridgehead atoms. The molecule has 0 amide bonds. The second-order valence-corrected chi connectivity index (χ2v) is 14.2. The van der Waals surface area contributed by atoms with Crippen molar-refractivity contribution in [3.8, 4) is 16.8 Å². The van der Waals surface area contributed by atoms with Crippen LogP contribution in [-0.2, 0) is 5.54 Å². The number of para-hydroxylation sites is 5. The molecule has 1 unspecified atom stereocenters. The number of hydrogen-bond donors (Lipinski definition) is 0. The van der Waals surface area contributed by atoms with Crippen LogP contribution in [0, 0.1) is 0 Å². The molecule has 0 fully saturated rings. The minimum absolute atomic E-state index is 0.375. The summed E-state index contributed by atoms with van der Waals surface area (Å²) in [4.78, 5) is 5.08. The molecule has 52 heavy (non-hydrogen) atoms. The van der Waals surface area contributed by atoms with E-state index in [9.17, 15) is 0 Å². The zero-order valence-electron chi connectivity index (χ0n) is 28.7. The van der Waals surface area contributed by atoms with E-state index < -0.39 is 0 Å². The second kappa shape index (κ2) is 10.9. The largest absolute Gasteiger partial charge is 0.329 e. The molecule has 0 saturated carbocycles. The third kappa shape index (κ3) is 4.06. The number of hydrogen-bond acceptors (Lipinski definition) is 1. The van der Waals surface area contributed by atoms with E-state index in [0.717, 1.165) is 5.70 Å². The lowest BCUT2D eigenvalue weighted by molar-refractivity contribution is 0.447. The Bertz CT molecular complexity index is 3060. The van der Waals surface area contributed by atoms with Crippen molar-refractivity contribution in [2.75, 3.05) is 6.54 Å². The summed E-state index contributed by atoms with van der Waals surface area (Å²) < 4.78 is 7.29. The van der Waals surface area contributed by atoms with Gasteiger partial charge in [-0.3, -0.25) is 4.99 Å². The van der Waals surface area contributed by atoms with Crippen LogP contribution in [0.15, 0.2) is 175 Å². The summed E-state index contributed by atoms with van der Waals surface area (Å²) in [6.45, 7) is 2.99. The van der Waals surface area contributed by atoms with Gasteiger partial charge in [0.1, 0.15) is 0 Å². The monoisotopic (exact) mass is 666 g/mol. The molecule has 0 saturated heterocycles. The van der Waals surface area contributed by atoms with Crippen LogP contribution in [-0.4, -0.2) is 26.5 Å². The lowest BCUT2D eigenvalue weighted by Crippen LogP contribution is -2.34. The SMILES string of the molecule is CC1(n2c3ccccc3c3ccccc32)C=C(n2c3ccccc3c3c(-c4ccc5c(c4)c4ccccc4n5-c4ccccc4)cccc32)C=NC1. The number of nitrogens with zero attached hydrogens (tertiary/aromatic N) is 4. The van der Waals surface area contributed by atoms with E-state index in [1.165, 1.54) is 82.2 Å². The first-order valence-electron chi connectivity index (χ1n) is 18.0. The van der Waals surface area contributed by atoms with Crippen LogP contribution in [0.4, 0.5) is 0 Å². The van der Waals surface area contributed by atoms with Gasteiger partial charge in [0.05, 0.1) is 39.8 Å². The smallest absolute Gasteiger partial charge is 0.0824 e. The van der Waals surface area contributed by atoms with Gasteiger partial charge in [0.15, 0.2) is 0 Å². The normalized spacial score (nSPS) is 16.2. The summed E-state index contributed by atoms with van der Waals surface area (Å²) >= 11 is 0. The minimum atomic E-state index is -0.375. The molecular formula is C48H34N4. The number of aliphatic imine (C=N–C) groups is 1. The Morgan fingerprint density at radius 3 is 1.75 bits per heavy atom. The molecule has 1 atom stereocenters. The van der Waals surface area contributed by atoms with Crippen molar-refractivity contribution < 1.29 is 0 Å². The molecule has 1 aliphatic heterocycles. The molecule has 0 aliphatic carbocycles. The summed E-state index contributed by atoms with van der Waals surface area (Å²) in [6, 6.07) is 59.5. The first kappa shape index (κ1) is 29.1. The van der Waals surface area contributed by atoms with Crippen LogP contribution in [0.5, 0.6) is 0 Å². The molecule has 3 aromatic heterocycles. The minimum Gasteiger partial charge on any atom is -0.329 e. The van der Waals surface area contributed by atoms with Gasteiger partial charge in [0.25, 0.3) is 0 Å².